The lowest BCUT2D eigenvalue weighted by molar-refractivity contribution is 0.186. The minimum Gasteiger partial charge on any atom is -0.312 e. The molecular formula is C17H18N2O3S. The van der Waals surface area contributed by atoms with Crippen LogP contribution in [0.4, 0.5) is 0 Å². The third kappa shape index (κ3) is 2.42. The Labute approximate surface area is 135 Å². The minimum atomic E-state index is -3.47. The maximum absolute atomic E-state index is 12.9. The van der Waals surface area contributed by atoms with Crippen LogP contribution in [0.25, 0.3) is 0 Å². The van der Waals surface area contributed by atoms with Crippen molar-refractivity contribution in [1.29, 1.82) is 0 Å². The highest BCUT2D eigenvalue weighted by atomic mass is 32.2. The van der Waals surface area contributed by atoms with Crippen molar-refractivity contribution in [3.05, 3.63) is 64.6 Å². The average Bonchev–Trinajstić information content (AvgIpc) is 2.56. The molecule has 6 heteroatoms. The summed E-state index contributed by atoms with van der Waals surface area (Å²) in [5, 5.41) is 0. The van der Waals surface area contributed by atoms with Crippen LogP contribution in [0.1, 0.15) is 18.0 Å². The van der Waals surface area contributed by atoms with Crippen LogP contribution >= 0.6 is 0 Å². The Morgan fingerprint density at radius 3 is 2.48 bits per heavy atom. The fourth-order valence-electron chi connectivity index (χ4n) is 3.79. The molecule has 4 rings (SSSR count). The molecule has 0 N–H and O–H groups in total. The van der Waals surface area contributed by atoms with Gasteiger partial charge in [0.25, 0.3) is 5.56 Å². The highest BCUT2D eigenvalue weighted by molar-refractivity contribution is 7.89. The molecule has 2 aliphatic rings. The number of hydrogen-bond donors (Lipinski definition) is 0. The third-order valence-corrected chi connectivity index (χ3v) is 6.67. The zero-order valence-electron chi connectivity index (χ0n) is 12.6. The SMILES string of the molecule is O=c1cccc2n1C[C@H]1C[C@H]2CN(S(=O)(=O)c2ccccc2)C1. The second-order valence-corrected chi connectivity index (χ2v) is 8.27. The molecule has 5 nitrogen and oxygen atoms in total. The Kier molecular flexibility index (Phi) is 3.39. The van der Waals surface area contributed by atoms with Crippen molar-refractivity contribution in [2.24, 2.45) is 5.92 Å². The number of benzene rings is 1. The van der Waals surface area contributed by atoms with Gasteiger partial charge >= 0.3 is 0 Å². The van der Waals surface area contributed by atoms with Crippen molar-refractivity contribution in [3.8, 4) is 0 Å². The number of aromatic nitrogens is 1. The first-order chi connectivity index (χ1) is 11.1. The molecule has 0 spiro atoms. The molecule has 120 valence electrons. The number of piperidine rings is 1. The highest BCUT2D eigenvalue weighted by Gasteiger charge is 2.39. The largest absolute Gasteiger partial charge is 0.312 e. The van der Waals surface area contributed by atoms with Crippen molar-refractivity contribution in [3.63, 3.8) is 0 Å². The van der Waals surface area contributed by atoms with Crippen molar-refractivity contribution >= 4 is 10.0 Å². The van der Waals surface area contributed by atoms with Crippen molar-refractivity contribution in [2.75, 3.05) is 13.1 Å². The molecule has 0 unspecified atom stereocenters. The zero-order chi connectivity index (χ0) is 16.0. The summed E-state index contributed by atoms with van der Waals surface area (Å²) in [5.41, 5.74) is 0.971. The predicted octanol–water partition coefficient (Wildman–Crippen LogP) is 1.66. The van der Waals surface area contributed by atoms with Gasteiger partial charge in [-0.05, 0) is 30.5 Å². The van der Waals surface area contributed by atoms with Crippen LogP contribution in [0.2, 0.25) is 0 Å². The van der Waals surface area contributed by atoms with Crippen LogP contribution < -0.4 is 5.56 Å². The second-order valence-electron chi connectivity index (χ2n) is 6.33. The molecular weight excluding hydrogens is 312 g/mol. The Hall–Kier alpha value is -1.92. The summed E-state index contributed by atoms with van der Waals surface area (Å²) in [6.07, 6.45) is 0.949. The molecule has 0 saturated carbocycles. The molecule has 0 aliphatic carbocycles. The minimum absolute atomic E-state index is 0.0107. The van der Waals surface area contributed by atoms with E-state index in [0.29, 0.717) is 24.5 Å². The summed E-state index contributed by atoms with van der Waals surface area (Å²) >= 11 is 0. The van der Waals surface area contributed by atoms with Crippen LogP contribution in [0.15, 0.2) is 58.2 Å². The van der Waals surface area contributed by atoms with Crippen LogP contribution in [0, 0.1) is 5.92 Å². The first kappa shape index (κ1) is 14.7. The van der Waals surface area contributed by atoms with E-state index in [1.54, 1.807) is 40.7 Å². The van der Waals surface area contributed by atoms with Crippen molar-refractivity contribution in [1.82, 2.24) is 8.87 Å². The standard InChI is InChI=1S/C17H18N2O3S/c20-17-8-4-7-16-14-9-13(11-19(16)17)10-18(12-14)23(21,22)15-5-2-1-3-6-15/h1-8,13-14H,9-12H2/t13-,14-/m0/s1. The lowest BCUT2D eigenvalue weighted by atomic mass is 9.84. The maximum Gasteiger partial charge on any atom is 0.250 e. The molecule has 0 amide bonds. The predicted molar refractivity (Wildman–Crippen MR) is 86.8 cm³/mol. The smallest absolute Gasteiger partial charge is 0.250 e. The zero-order valence-corrected chi connectivity index (χ0v) is 13.4. The van der Waals surface area contributed by atoms with Gasteiger partial charge in [-0.2, -0.15) is 4.31 Å². The van der Waals surface area contributed by atoms with Gasteiger partial charge in [0.05, 0.1) is 4.90 Å². The average molecular weight is 330 g/mol. The molecule has 2 aromatic rings. The van der Waals surface area contributed by atoms with Gasteiger partial charge in [0, 0.05) is 37.3 Å². The summed E-state index contributed by atoms with van der Waals surface area (Å²) in [6.45, 7) is 1.53. The topological polar surface area (TPSA) is 59.4 Å². The number of fused-ring (bicyclic) bond motifs is 4. The van der Waals surface area contributed by atoms with Crippen molar-refractivity contribution in [2.45, 2.75) is 23.8 Å². The van der Waals surface area contributed by atoms with Crippen LogP contribution in [0.3, 0.4) is 0 Å². The number of hydrogen-bond acceptors (Lipinski definition) is 3. The van der Waals surface area contributed by atoms with Gasteiger partial charge in [-0.3, -0.25) is 4.79 Å². The van der Waals surface area contributed by atoms with E-state index in [4.69, 9.17) is 0 Å². The first-order valence-electron chi connectivity index (χ1n) is 7.80. The molecule has 23 heavy (non-hydrogen) atoms. The van der Waals surface area contributed by atoms with Gasteiger partial charge < -0.3 is 4.57 Å². The first-order valence-corrected chi connectivity index (χ1v) is 9.24. The molecule has 2 aliphatic heterocycles. The molecule has 3 heterocycles. The van der Waals surface area contributed by atoms with Gasteiger partial charge in [0.2, 0.25) is 10.0 Å². The monoisotopic (exact) mass is 330 g/mol. The van der Waals surface area contributed by atoms with E-state index in [2.05, 4.69) is 0 Å². The van der Waals surface area contributed by atoms with Crippen LogP contribution in [0.5, 0.6) is 0 Å². The molecule has 1 fully saturated rings. The van der Waals surface area contributed by atoms with Crippen LogP contribution in [-0.2, 0) is 16.6 Å². The lowest BCUT2D eigenvalue weighted by Gasteiger charge is -2.42. The van der Waals surface area contributed by atoms with E-state index in [1.807, 2.05) is 16.7 Å². The lowest BCUT2D eigenvalue weighted by Crippen LogP contribution is -2.48. The maximum atomic E-state index is 12.9. The third-order valence-electron chi connectivity index (χ3n) is 4.83. The van der Waals surface area contributed by atoms with E-state index in [0.717, 1.165) is 12.1 Å². The molecule has 1 saturated heterocycles. The summed E-state index contributed by atoms with van der Waals surface area (Å²) < 4.78 is 29.1. The number of sulfonamides is 1. The fourth-order valence-corrected chi connectivity index (χ4v) is 5.37. The van der Waals surface area contributed by atoms with Gasteiger partial charge in [-0.15, -0.1) is 0 Å². The quantitative estimate of drug-likeness (QED) is 0.841. The molecule has 2 bridgehead atoms. The van der Waals surface area contributed by atoms with Gasteiger partial charge in [-0.1, -0.05) is 24.3 Å². The molecule has 1 aromatic heterocycles. The Morgan fingerprint density at radius 1 is 0.913 bits per heavy atom. The van der Waals surface area contributed by atoms with Gasteiger partial charge in [0.1, 0.15) is 0 Å². The fraction of sp³-hybridized carbons (Fsp3) is 0.353. The number of nitrogens with zero attached hydrogens (tertiary/aromatic N) is 2. The van der Waals surface area contributed by atoms with Gasteiger partial charge in [0.15, 0.2) is 0 Å². The molecule has 1 aromatic carbocycles. The summed E-state index contributed by atoms with van der Waals surface area (Å²) in [5.74, 6) is 0.287. The Bertz CT molecular complexity index is 890. The normalized spacial score (nSPS) is 24.2. The number of rotatable bonds is 2. The van der Waals surface area contributed by atoms with E-state index in [1.165, 1.54) is 0 Å². The molecule has 0 radical (unpaired) electrons. The highest BCUT2D eigenvalue weighted by Crippen LogP contribution is 2.36. The van der Waals surface area contributed by atoms with Crippen molar-refractivity contribution < 1.29 is 8.42 Å². The summed E-state index contributed by atoms with van der Waals surface area (Å²) in [4.78, 5) is 12.4. The summed E-state index contributed by atoms with van der Waals surface area (Å²) in [7, 11) is -3.47. The summed E-state index contributed by atoms with van der Waals surface area (Å²) in [6, 6.07) is 13.9. The Morgan fingerprint density at radius 2 is 1.70 bits per heavy atom. The van der Waals surface area contributed by atoms with Crippen LogP contribution in [-0.4, -0.2) is 30.4 Å². The second kappa shape index (κ2) is 5.32. The van der Waals surface area contributed by atoms with E-state index >= 15 is 0 Å². The number of pyridine rings is 1. The van der Waals surface area contributed by atoms with E-state index in [-0.39, 0.29) is 17.4 Å². The van der Waals surface area contributed by atoms with E-state index in [9.17, 15) is 13.2 Å². The van der Waals surface area contributed by atoms with Gasteiger partial charge in [-0.25, -0.2) is 8.42 Å². The molecule has 2 atom stereocenters. The Balaban J connectivity index is 1.70. The van der Waals surface area contributed by atoms with E-state index < -0.39 is 10.0 Å².